The van der Waals surface area contributed by atoms with Gasteiger partial charge in [-0.1, -0.05) is 26.7 Å². The molecule has 12 heavy (non-hydrogen) atoms. The second kappa shape index (κ2) is 56.8. The van der Waals surface area contributed by atoms with Gasteiger partial charge in [-0.25, -0.2) is 0 Å². The summed E-state index contributed by atoms with van der Waals surface area (Å²) in [5.74, 6) is 0. The van der Waals surface area contributed by atoms with Crippen LogP contribution in [-0.2, 0) is 39.0 Å². The number of hydrogen-bond acceptors (Lipinski definition) is 0. The van der Waals surface area contributed by atoms with Crippen LogP contribution < -0.4 is 0 Å². The van der Waals surface area contributed by atoms with Crippen molar-refractivity contribution in [3.8, 4) is 0 Å². The van der Waals surface area contributed by atoms with Gasteiger partial charge in [0.1, 0.15) is 0 Å². The Morgan fingerprint density at radius 3 is 0.833 bits per heavy atom. The maximum absolute atomic E-state index is 6.45. The molecule has 0 unspecified atom stereocenters. The summed E-state index contributed by atoms with van der Waals surface area (Å²) in [5, 5.41) is 0. The Bertz CT molecular complexity index is 23.0. The Balaban J connectivity index is -0.0000000112. The van der Waals surface area contributed by atoms with Gasteiger partial charge in [-0.15, -0.1) is 0 Å². The summed E-state index contributed by atoms with van der Waals surface area (Å²) >= 11 is 0. The first kappa shape index (κ1) is 37.9. The predicted octanol–water partition coefficient (Wildman–Crippen LogP) is 3.79. The molecule has 0 atom stereocenters. The summed E-state index contributed by atoms with van der Waals surface area (Å²) in [4.78, 5) is 0. The Labute approximate surface area is 105 Å². The Kier molecular flexibility index (Phi) is 180. The second-order valence-corrected chi connectivity index (χ2v) is 1.50. The molecule has 0 rings (SSSR count). The molecule has 4 heteroatoms. The molecule has 2 nitrogen and oxygen atoms in total. The molecule has 2 N–H and O–H groups in total. The van der Waals surface area contributed by atoms with Crippen molar-refractivity contribution < 1.29 is 39.0 Å². The van der Waals surface area contributed by atoms with E-state index in [9.17, 15) is 0 Å². The summed E-state index contributed by atoms with van der Waals surface area (Å²) < 4.78 is 0. The first-order valence-corrected chi connectivity index (χ1v) is 3.12. The number of hydrogen-bond donors (Lipinski definition) is 0. The van der Waals surface area contributed by atoms with Gasteiger partial charge in [-0.05, 0) is 0 Å². The molecule has 68 valence electrons. The van der Waals surface area contributed by atoms with E-state index < -0.39 is 0 Å². The van der Waals surface area contributed by atoms with Gasteiger partial charge in [0.05, 0.1) is 0 Å². The Hall–Kier alpha value is 1.17. The largest absolute Gasteiger partial charge is 2.00 e. The minimum atomic E-state index is 0. The molecule has 0 aromatic carbocycles. The minimum Gasteiger partial charge on any atom is -0.677 e. The van der Waals surface area contributed by atoms with Crippen LogP contribution in [0.1, 0.15) is 26.7 Å². The van der Waals surface area contributed by atoms with E-state index in [1.165, 1.54) is 0 Å². The molecule has 0 aliphatic rings. The summed E-state index contributed by atoms with van der Waals surface area (Å²) in [5.41, 5.74) is 12.9. The third kappa shape index (κ3) is 115. The average Bonchev–Trinajstić information content (AvgIpc) is 1.88. The molecule has 0 aliphatic heterocycles. The maximum Gasteiger partial charge on any atom is 2.00 e. The van der Waals surface area contributed by atoms with Gasteiger partial charge in [0.2, 0.25) is 0 Å². The van der Waals surface area contributed by atoms with Crippen LogP contribution in [0.3, 0.4) is 0 Å². The van der Waals surface area contributed by atoms with Crippen LogP contribution in [0.25, 0.3) is 11.5 Å². The average molecular weight is 277 g/mol. The van der Waals surface area contributed by atoms with Crippen LogP contribution in [0.5, 0.6) is 0 Å². The van der Waals surface area contributed by atoms with Crippen LogP contribution in [-0.4, -0.2) is 13.1 Å². The molecule has 0 spiro atoms. The Morgan fingerprint density at radius 2 is 0.833 bits per heavy atom. The first-order chi connectivity index (χ1) is 3.83. The molecule has 0 radical (unpaired) electrons. The molecule has 0 aromatic heterocycles. The second-order valence-electron chi connectivity index (χ2n) is 1.50. The van der Waals surface area contributed by atoms with E-state index in [-0.39, 0.29) is 53.8 Å². The first-order valence-electron chi connectivity index (χ1n) is 3.12. The van der Waals surface area contributed by atoms with E-state index in [0.717, 1.165) is 12.8 Å². The van der Waals surface area contributed by atoms with Gasteiger partial charge in [0, 0.05) is 0 Å². The Morgan fingerprint density at radius 1 is 0.750 bits per heavy atom. The van der Waals surface area contributed by atoms with Gasteiger partial charge in [0.15, 0.2) is 0 Å². The molecule has 0 aliphatic carbocycles. The SMILES string of the molecule is CCC[NH-].CCC[NH-].[CH3-].[CH3-].[Zn+2].[Zn+2]. The van der Waals surface area contributed by atoms with Crippen molar-refractivity contribution in [3.05, 3.63) is 26.3 Å². The standard InChI is InChI=1S/2C3H8N.2CH3.2Zn/c2*1-2-3-4;;;;/h2*4H,2-3H2,1H3;2*1H3;;/q4*-1;2*+2. The summed E-state index contributed by atoms with van der Waals surface area (Å²) in [7, 11) is 0. The van der Waals surface area contributed by atoms with Crippen molar-refractivity contribution in [1.82, 2.24) is 0 Å². The zero-order chi connectivity index (χ0) is 6.83. The van der Waals surface area contributed by atoms with Crippen molar-refractivity contribution >= 4 is 0 Å². The normalized spacial score (nSPS) is 5.00. The summed E-state index contributed by atoms with van der Waals surface area (Å²) in [6.45, 7) is 5.12. The zero-order valence-electron chi connectivity index (χ0n) is 9.24. The number of nitrogens with one attached hydrogen (secondary N) is 2. The van der Waals surface area contributed by atoms with Gasteiger partial charge < -0.3 is 26.3 Å². The van der Waals surface area contributed by atoms with Gasteiger partial charge >= 0.3 is 39.0 Å². The van der Waals surface area contributed by atoms with E-state index in [1.807, 2.05) is 13.8 Å². The van der Waals surface area contributed by atoms with E-state index in [2.05, 4.69) is 0 Å². The molecule has 0 bridgehead atoms. The maximum atomic E-state index is 6.45. The fourth-order valence-electron chi connectivity index (χ4n) is 0. The topological polar surface area (TPSA) is 47.6 Å². The third-order valence-corrected chi connectivity index (χ3v) is 0.500. The molecule has 0 fully saturated rings. The van der Waals surface area contributed by atoms with Gasteiger partial charge in [0.25, 0.3) is 0 Å². The molecule has 0 aromatic rings. The van der Waals surface area contributed by atoms with Crippen molar-refractivity contribution in [2.24, 2.45) is 0 Å². The van der Waals surface area contributed by atoms with E-state index in [0.29, 0.717) is 13.1 Å². The van der Waals surface area contributed by atoms with Crippen LogP contribution in [0, 0.1) is 14.9 Å². The number of rotatable bonds is 2. The van der Waals surface area contributed by atoms with Crippen molar-refractivity contribution in [2.75, 3.05) is 13.1 Å². The van der Waals surface area contributed by atoms with E-state index in [4.69, 9.17) is 11.5 Å². The molecular weight excluding hydrogens is 255 g/mol. The minimum absolute atomic E-state index is 0. The van der Waals surface area contributed by atoms with Crippen LogP contribution >= 0.6 is 0 Å². The van der Waals surface area contributed by atoms with Crippen molar-refractivity contribution in [3.63, 3.8) is 0 Å². The predicted molar refractivity (Wildman–Crippen MR) is 51.8 cm³/mol. The van der Waals surface area contributed by atoms with Gasteiger partial charge in [-0.2, -0.15) is 13.1 Å². The molecule has 0 saturated heterocycles. The van der Waals surface area contributed by atoms with E-state index in [1.54, 1.807) is 0 Å². The van der Waals surface area contributed by atoms with Crippen LogP contribution in [0.4, 0.5) is 0 Å². The molecule has 0 heterocycles. The third-order valence-electron chi connectivity index (χ3n) is 0.500. The summed E-state index contributed by atoms with van der Waals surface area (Å²) in [6.07, 6.45) is 1.97. The smallest absolute Gasteiger partial charge is 0.677 e. The van der Waals surface area contributed by atoms with Crippen LogP contribution in [0.15, 0.2) is 0 Å². The monoisotopic (exact) mass is 274 g/mol. The quantitative estimate of drug-likeness (QED) is 0.544. The molecule has 0 amide bonds. The van der Waals surface area contributed by atoms with Crippen LogP contribution in [0.2, 0.25) is 0 Å². The fourth-order valence-corrected chi connectivity index (χ4v) is 0. The van der Waals surface area contributed by atoms with E-state index >= 15 is 0 Å². The van der Waals surface area contributed by atoms with Gasteiger partial charge in [-0.3, -0.25) is 0 Å². The molecular formula is C8H22N2Zn2. The zero-order valence-corrected chi connectivity index (χ0v) is 15.2. The summed E-state index contributed by atoms with van der Waals surface area (Å²) in [6, 6.07) is 0. The molecule has 0 saturated carbocycles. The fraction of sp³-hybridized carbons (Fsp3) is 0.750. The van der Waals surface area contributed by atoms with Crippen molar-refractivity contribution in [1.29, 1.82) is 0 Å². The van der Waals surface area contributed by atoms with Crippen molar-refractivity contribution in [2.45, 2.75) is 26.7 Å².